The minimum Gasteiger partial charge on any atom is -0.309 e. The van der Waals surface area contributed by atoms with Crippen LogP contribution in [0.5, 0.6) is 0 Å². The third kappa shape index (κ3) is 4.60. The Bertz CT molecular complexity index is 492. The maximum atomic E-state index is 12.4. The van der Waals surface area contributed by atoms with Crippen LogP contribution in [-0.4, -0.2) is 26.5 Å². The van der Waals surface area contributed by atoms with Crippen LogP contribution in [0.25, 0.3) is 0 Å². The van der Waals surface area contributed by atoms with Crippen LogP contribution in [0.4, 0.5) is 0 Å². The van der Waals surface area contributed by atoms with Gasteiger partial charge in [0.2, 0.25) is 0 Å². The summed E-state index contributed by atoms with van der Waals surface area (Å²) >= 11 is 0. The molecule has 1 aromatic rings. The van der Waals surface area contributed by atoms with Gasteiger partial charge < -0.3 is 5.32 Å². The summed E-state index contributed by atoms with van der Waals surface area (Å²) in [6.45, 7) is 2.79. The molecule has 0 bridgehead atoms. The van der Waals surface area contributed by atoms with Crippen LogP contribution in [0.2, 0.25) is 0 Å². The average Bonchev–Trinajstić information content (AvgIpc) is 2.91. The van der Waals surface area contributed by atoms with Crippen LogP contribution in [0.3, 0.4) is 0 Å². The molecule has 3 nitrogen and oxygen atoms in total. The fourth-order valence-corrected chi connectivity index (χ4v) is 5.07. The molecule has 0 aromatic heterocycles. The first-order valence-electron chi connectivity index (χ1n) is 7.59. The van der Waals surface area contributed by atoms with Crippen molar-refractivity contribution in [3.05, 3.63) is 35.9 Å². The first-order valence-corrected chi connectivity index (χ1v) is 9.41. The van der Waals surface area contributed by atoms with Crippen molar-refractivity contribution in [2.45, 2.75) is 38.6 Å². The molecule has 1 atom stereocenters. The Balaban J connectivity index is 2.03. The summed E-state index contributed by atoms with van der Waals surface area (Å²) in [5, 5.41) is 3.30. The quantitative estimate of drug-likeness (QED) is 0.841. The van der Waals surface area contributed by atoms with Gasteiger partial charge in [-0.2, -0.15) is 0 Å². The van der Waals surface area contributed by atoms with Gasteiger partial charge in [-0.05, 0) is 30.9 Å². The summed E-state index contributed by atoms with van der Waals surface area (Å²) in [7, 11) is -3.00. The average molecular weight is 295 g/mol. The minimum absolute atomic E-state index is 0.0902. The van der Waals surface area contributed by atoms with Crippen LogP contribution < -0.4 is 5.32 Å². The zero-order valence-corrected chi connectivity index (χ0v) is 13.0. The Hall–Kier alpha value is -0.870. The largest absolute Gasteiger partial charge is 0.309 e. The molecule has 1 saturated carbocycles. The van der Waals surface area contributed by atoms with E-state index >= 15 is 0 Å². The summed E-state index contributed by atoms with van der Waals surface area (Å²) in [4.78, 5) is 0. The van der Waals surface area contributed by atoms with Crippen molar-refractivity contribution in [2.24, 2.45) is 5.92 Å². The number of hydrogen-bond acceptors (Lipinski definition) is 3. The first-order chi connectivity index (χ1) is 9.61. The Labute approximate surface area is 122 Å². The van der Waals surface area contributed by atoms with Gasteiger partial charge in [0.25, 0.3) is 0 Å². The zero-order chi connectivity index (χ0) is 14.4. The van der Waals surface area contributed by atoms with Crippen molar-refractivity contribution in [3.63, 3.8) is 0 Å². The number of sulfone groups is 1. The lowest BCUT2D eigenvalue weighted by Gasteiger charge is -2.19. The molecule has 1 N–H and O–H groups in total. The molecule has 1 aromatic carbocycles. The van der Waals surface area contributed by atoms with Crippen molar-refractivity contribution in [3.8, 4) is 0 Å². The molecule has 0 aliphatic heterocycles. The van der Waals surface area contributed by atoms with Crippen molar-refractivity contribution >= 4 is 9.84 Å². The highest BCUT2D eigenvalue weighted by molar-refractivity contribution is 7.91. The molecule has 0 radical (unpaired) electrons. The summed E-state index contributed by atoms with van der Waals surface area (Å²) < 4.78 is 24.8. The van der Waals surface area contributed by atoms with E-state index in [9.17, 15) is 8.42 Å². The summed E-state index contributed by atoms with van der Waals surface area (Å²) in [5.41, 5.74) is 1.06. The maximum Gasteiger partial charge on any atom is 0.152 e. The number of nitrogens with one attached hydrogen (secondary N) is 1. The van der Waals surface area contributed by atoms with Crippen molar-refractivity contribution in [2.75, 3.05) is 18.1 Å². The molecule has 2 rings (SSSR count). The number of rotatable bonds is 7. The minimum atomic E-state index is -3.00. The van der Waals surface area contributed by atoms with Crippen LogP contribution in [0.15, 0.2) is 30.3 Å². The lowest BCUT2D eigenvalue weighted by molar-refractivity contribution is 0.537. The van der Waals surface area contributed by atoms with Gasteiger partial charge in [0.15, 0.2) is 9.84 Å². The fourth-order valence-electron chi connectivity index (χ4n) is 3.06. The van der Waals surface area contributed by atoms with Gasteiger partial charge in [-0.3, -0.25) is 0 Å². The van der Waals surface area contributed by atoms with Gasteiger partial charge in [-0.1, -0.05) is 50.1 Å². The van der Waals surface area contributed by atoms with E-state index < -0.39 is 9.84 Å². The third-order valence-electron chi connectivity index (χ3n) is 4.04. The highest BCUT2D eigenvalue weighted by Crippen LogP contribution is 2.27. The molecule has 20 heavy (non-hydrogen) atoms. The fraction of sp³-hybridized carbons (Fsp3) is 0.625. The molecule has 1 aliphatic carbocycles. The monoisotopic (exact) mass is 295 g/mol. The van der Waals surface area contributed by atoms with Crippen LogP contribution in [0, 0.1) is 5.92 Å². The molecule has 4 heteroatoms. The molecule has 0 heterocycles. The molecule has 0 amide bonds. The van der Waals surface area contributed by atoms with E-state index in [0.29, 0.717) is 11.7 Å². The zero-order valence-electron chi connectivity index (χ0n) is 12.2. The van der Waals surface area contributed by atoms with Crippen molar-refractivity contribution in [1.82, 2.24) is 5.32 Å². The Morgan fingerprint density at radius 3 is 2.45 bits per heavy atom. The van der Waals surface area contributed by atoms with Gasteiger partial charge in [-0.25, -0.2) is 8.42 Å². The topological polar surface area (TPSA) is 46.2 Å². The Kier molecular flexibility index (Phi) is 5.61. The Morgan fingerprint density at radius 1 is 1.20 bits per heavy atom. The van der Waals surface area contributed by atoms with E-state index in [1.54, 1.807) is 0 Å². The second-order valence-corrected chi connectivity index (χ2v) is 7.90. The lowest BCUT2D eigenvalue weighted by Crippen LogP contribution is -2.30. The highest BCUT2D eigenvalue weighted by atomic mass is 32.2. The SMILES string of the molecule is CCNC(CS(=O)(=O)CC1CCCC1)c1ccccc1. The highest BCUT2D eigenvalue weighted by Gasteiger charge is 2.25. The predicted octanol–water partition coefficient (Wildman–Crippen LogP) is 2.94. The van der Waals surface area contributed by atoms with E-state index in [0.717, 1.165) is 24.9 Å². The lowest BCUT2D eigenvalue weighted by atomic mass is 10.1. The van der Waals surface area contributed by atoms with Crippen molar-refractivity contribution < 1.29 is 8.42 Å². The van der Waals surface area contributed by atoms with Crippen molar-refractivity contribution in [1.29, 1.82) is 0 Å². The molecule has 1 aliphatic rings. The molecule has 1 fully saturated rings. The third-order valence-corrected chi connectivity index (χ3v) is 5.86. The smallest absolute Gasteiger partial charge is 0.152 e. The molecular formula is C16H25NO2S. The standard InChI is InChI=1S/C16H25NO2S/c1-2-17-16(15-10-4-3-5-11-15)13-20(18,19)12-14-8-6-7-9-14/h3-5,10-11,14,16-17H,2,6-9,12-13H2,1H3. The maximum absolute atomic E-state index is 12.4. The van der Waals surface area contributed by atoms with Crippen LogP contribution in [-0.2, 0) is 9.84 Å². The van der Waals surface area contributed by atoms with Gasteiger partial charge >= 0.3 is 0 Å². The molecule has 112 valence electrons. The second kappa shape index (κ2) is 7.23. The summed E-state index contributed by atoms with van der Waals surface area (Å²) in [6, 6.07) is 9.79. The number of benzene rings is 1. The Morgan fingerprint density at radius 2 is 1.85 bits per heavy atom. The van der Waals surface area contributed by atoms with Gasteiger partial charge in [0, 0.05) is 6.04 Å². The van der Waals surface area contributed by atoms with E-state index in [1.165, 1.54) is 12.8 Å². The van der Waals surface area contributed by atoms with Gasteiger partial charge in [-0.15, -0.1) is 0 Å². The molecule has 0 saturated heterocycles. The second-order valence-electron chi connectivity index (χ2n) is 5.75. The van der Waals surface area contributed by atoms with E-state index in [2.05, 4.69) is 5.32 Å². The predicted molar refractivity (Wildman–Crippen MR) is 83.5 cm³/mol. The van der Waals surface area contributed by atoms with Gasteiger partial charge in [0.1, 0.15) is 0 Å². The van der Waals surface area contributed by atoms with E-state index in [-0.39, 0.29) is 11.8 Å². The first kappa shape index (κ1) is 15.5. The normalized spacial score (nSPS) is 18.2. The van der Waals surface area contributed by atoms with Crippen LogP contribution in [0.1, 0.15) is 44.2 Å². The summed E-state index contributed by atoms with van der Waals surface area (Å²) in [5.74, 6) is 0.960. The van der Waals surface area contributed by atoms with Crippen LogP contribution >= 0.6 is 0 Å². The molecule has 0 spiro atoms. The molecule has 1 unspecified atom stereocenters. The summed E-state index contributed by atoms with van der Waals surface area (Å²) in [6.07, 6.45) is 4.54. The van der Waals surface area contributed by atoms with E-state index in [1.807, 2.05) is 37.3 Å². The molecular weight excluding hydrogens is 270 g/mol. The number of hydrogen-bond donors (Lipinski definition) is 1. The van der Waals surface area contributed by atoms with Gasteiger partial charge in [0.05, 0.1) is 11.5 Å². The van der Waals surface area contributed by atoms with E-state index in [4.69, 9.17) is 0 Å².